The lowest BCUT2D eigenvalue weighted by molar-refractivity contribution is 0.529. The van der Waals surface area contributed by atoms with Gasteiger partial charge in [-0.1, -0.05) is 36.2 Å². The van der Waals surface area contributed by atoms with Crippen LogP contribution in [0.2, 0.25) is 10.0 Å². The Hall–Kier alpha value is -0.610. The van der Waals surface area contributed by atoms with Crippen LogP contribution in [0.25, 0.3) is 0 Å². The zero-order chi connectivity index (χ0) is 15.2. The number of rotatable bonds is 6. The lowest BCUT2D eigenvalue weighted by Crippen LogP contribution is -2.24. The quantitative estimate of drug-likeness (QED) is 0.714. The number of benzene rings is 1. The average Bonchev–Trinajstić information content (AvgIpc) is 2.44. The van der Waals surface area contributed by atoms with Crippen LogP contribution in [0.1, 0.15) is 30.5 Å². The van der Waals surface area contributed by atoms with E-state index in [1.54, 1.807) is 12.3 Å². The first-order valence-electron chi connectivity index (χ1n) is 6.88. The second kappa shape index (κ2) is 8.14. The van der Waals surface area contributed by atoms with E-state index in [-0.39, 0.29) is 6.04 Å². The Balaban J connectivity index is 2.25. The van der Waals surface area contributed by atoms with Crippen LogP contribution < -0.4 is 5.32 Å². The van der Waals surface area contributed by atoms with Crippen LogP contribution in [0, 0.1) is 0 Å². The smallest absolute Gasteiger partial charge is 0.0468 e. The fourth-order valence-electron chi connectivity index (χ4n) is 2.20. The first-order chi connectivity index (χ1) is 10.1. The van der Waals surface area contributed by atoms with Crippen molar-refractivity contribution in [2.45, 2.75) is 25.8 Å². The predicted octanol–water partition coefficient (Wildman–Crippen LogP) is 5.43. The molecule has 21 heavy (non-hydrogen) atoms. The van der Waals surface area contributed by atoms with E-state index in [1.165, 1.54) is 0 Å². The molecule has 5 heteroatoms. The van der Waals surface area contributed by atoms with Crippen molar-refractivity contribution in [3.05, 3.63) is 62.3 Å². The average molecular weight is 388 g/mol. The van der Waals surface area contributed by atoms with Gasteiger partial charge >= 0.3 is 0 Å². The van der Waals surface area contributed by atoms with Gasteiger partial charge < -0.3 is 5.32 Å². The molecule has 0 saturated carbocycles. The normalized spacial score (nSPS) is 12.4. The molecule has 1 N–H and O–H groups in total. The van der Waals surface area contributed by atoms with Gasteiger partial charge in [0, 0.05) is 33.0 Å². The molecule has 1 heterocycles. The Bertz CT molecular complexity index is 605. The highest BCUT2D eigenvalue weighted by Crippen LogP contribution is 2.28. The van der Waals surface area contributed by atoms with Crippen LogP contribution in [0.3, 0.4) is 0 Å². The van der Waals surface area contributed by atoms with Gasteiger partial charge in [-0.15, -0.1) is 0 Å². The molecule has 0 radical (unpaired) electrons. The van der Waals surface area contributed by atoms with Crippen molar-refractivity contribution in [2.24, 2.45) is 0 Å². The first-order valence-corrected chi connectivity index (χ1v) is 8.42. The van der Waals surface area contributed by atoms with Gasteiger partial charge in [0.25, 0.3) is 0 Å². The molecular formula is C16H17BrCl2N2. The van der Waals surface area contributed by atoms with Crippen molar-refractivity contribution in [3.8, 4) is 0 Å². The summed E-state index contributed by atoms with van der Waals surface area (Å²) in [7, 11) is 0. The highest BCUT2D eigenvalue weighted by atomic mass is 79.9. The number of aromatic nitrogens is 1. The Kier molecular flexibility index (Phi) is 6.49. The largest absolute Gasteiger partial charge is 0.310 e. The van der Waals surface area contributed by atoms with Crippen LogP contribution in [0.5, 0.6) is 0 Å². The van der Waals surface area contributed by atoms with Gasteiger partial charge in [-0.25, -0.2) is 0 Å². The summed E-state index contributed by atoms with van der Waals surface area (Å²) in [5.41, 5.74) is 2.22. The van der Waals surface area contributed by atoms with Gasteiger partial charge in [0.1, 0.15) is 0 Å². The number of pyridine rings is 1. The fraction of sp³-hybridized carbons (Fsp3) is 0.312. The van der Waals surface area contributed by atoms with Crippen LogP contribution in [-0.2, 0) is 6.42 Å². The molecule has 2 nitrogen and oxygen atoms in total. The minimum Gasteiger partial charge on any atom is -0.310 e. The molecule has 1 aromatic heterocycles. The fourth-order valence-corrected chi connectivity index (χ4v) is 3.15. The summed E-state index contributed by atoms with van der Waals surface area (Å²) < 4.78 is 0.983. The molecule has 0 spiro atoms. The van der Waals surface area contributed by atoms with E-state index in [1.807, 2.05) is 18.3 Å². The molecule has 0 aliphatic carbocycles. The molecule has 112 valence electrons. The first kappa shape index (κ1) is 16.8. The summed E-state index contributed by atoms with van der Waals surface area (Å²) in [6.45, 7) is 3.08. The van der Waals surface area contributed by atoms with Crippen LogP contribution in [-0.4, -0.2) is 11.5 Å². The third kappa shape index (κ3) is 4.96. The van der Waals surface area contributed by atoms with Gasteiger partial charge in [-0.3, -0.25) is 4.98 Å². The van der Waals surface area contributed by atoms with Crippen molar-refractivity contribution in [1.29, 1.82) is 0 Å². The maximum atomic E-state index is 6.35. The zero-order valence-electron chi connectivity index (χ0n) is 11.7. The van der Waals surface area contributed by atoms with E-state index in [2.05, 4.69) is 39.2 Å². The topological polar surface area (TPSA) is 24.9 Å². The number of hydrogen-bond acceptors (Lipinski definition) is 2. The molecule has 0 saturated heterocycles. The van der Waals surface area contributed by atoms with Crippen LogP contribution in [0.15, 0.2) is 41.1 Å². The van der Waals surface area contributed by atoms with Crippen molar-refractivity contribution in [1.82, 2.24) is 10.3 Å². The SMILES string of the molecule is CCCNC(Cc1cncc(Br)c1)c1ccc(Cl)cc1Cl. The summed E-state index contributed by atoms with van der Waals surface area (Å²) in [6, 6.07) is 7.88. The van der Waals surface area contributed by atoms with E-state index in [9.17, 15) is 0 Å². The minimum atomic E-state index is 0.144. The summed E-state index contributed by atoms with van der Waals surface area (Å²) in [5, 5.41) is 4.89. The predicted molar refractivity (Wildman–Crippen MR) is 93.1 cm³/mol. The highest BCUT2D eigenvalue weighted by Gasteiger charge is 2.15. The maximum absolute atomic E-state index is 6.35. The van der Waals surface area contributed by atoms with Gasteiger partial charge in [-0.2, -0.15) is 0 Å². The second-order valence-electron chi connectivity index (χ2n) is 4.89. The van der Waals surface area contributed by atoms with Crippen molar-refractivity contribution >= 4 is 39.1 Å². The summed E-state index contributed by atoms with van der Waals surface area (Å²) in [5.74, 6) is 0. The molecule has 0 fully saturated rings. The van der Waals surface area contributed by atoms with Crippen molar-refractivity contribution < 1.29 is 0 Å². The number of nitrogens with zero attached hydrogens (tertiary/aromatic N) is 1. The third-order valence-corrected chi connectivity index (χ3v) is 4.18. The van der Waals surface area contributed by atoms with Crippen LogP contribution in [0.4, 0.5) is 0 Å². The molecule has 1 unspecified atom stereocenters. The molecule has 0 aliphatic rings. The standard InChI is InChI=1S/C16H17BrCl2N2/c1-2-5-21-16(7-11-6-12(17)10-20-9-11)14-4-3-13(18)8-15(14)19/h3-4,6,8-10,16,21H,2,5,7H2,1H3. The van der Waals surface area contributed by atoms with Gasteiger partial charge in [-0.05, 0) is 64.6 Å². The highest BCUT2D eigenvalue weighted by molar-refractivity contribution is 9.10. The lowest BCUT2D eigenvalue weighted by atomic mass is 9.99. The molecular weight excluding hydrogens is 371 g/mol. The zero-order valence-corrected chi connectivity index (χ0v) is 14.8. The van der Waals surface area contributed by atoms with E-state index in [0.29, 0.717) is 10.0 Å². The Morgan fingerprint density at radius 3 is 2.71 bits per heavy atom. The lowest BCUT2D eigenvalue weighted by Gasteiger charge is -2.20. The van der Waals surface area contributed by atoms with Gasteiger partial charge in [0.05, 0.1) is 0 Å². The Morgan fingerprint density at radius 1 is 1.24 bits per heavy atom. The molecule has 0 amide bonds. The Labute approximate surface area is 144 Å². The number of halogens is 3. The van der Waals surface area contributed by atoms with Crippen LogP contribution >= 0.6 is 39.1 Å². The third-order valence-electron chi connectivity index (χ3n) is 3.18. The maximum Gasteiger partial charge on any atom is 0.0468 e. The molecule has 1 aromatic carbocycles. The molecule has 1 atom stereocenters. The van der Waals surface area contributed by atoms with E-state index in [4.69, 9.17) is 23.2 Å². The van der Waals surface area contributed by atoms with Crippen molar-refractivity contribution in [3.63, 3.8) is 0 Å². The van der Waals surface area contributed by atoms with E-state index >= 15 is 0 Å². The summed E-state index contributed by atoms with van der Waals surface area (Å²) >= 11 is 15.8. The van der Waals surface area contributed by atoms with E-state index < -0.39 is 0 Å². The van der Waals surface area contributed by atoms with Gasteiger partial charge in [0.2, 0.25) is 0 Å². The Morgan fingerprint density at radius 2 is 2.05 bits per heavy atom. The number of hydrogen-bond donors (Lipinski definition) is 1. The van der Waals surface area contributed by atoms with Gasteiger partial charge in [0.15, 0.2) is 0 Å². The summed E-state index contributed by atoms with van der Waals surface area (Å²) in [4.78, 5) is 4.22. The minimum absolute atomic E-state index is 0.144. The van der Waals surface area contributed by atoms with E-state index in [0.717, 1.165) is 35.0 Å². The summed E-state index contributed by atoms with van der Waals surface area (Å²) in [6.07, 6.45) is 5.56. The second-order valence-corrected chi connectivity index (χ2v) is 6.65. The monoisotopic (exact) mass is 386 g/mol. The number of nitrogens with one attached hydrogen (secondary N) is 1. The van der Waals surface area contributed by atoms with Crippen molar-refractivity contribution in [2.75, 3.05) is 6.54 Å². The molecule has 0 aliphatic heterocycles. The molecule has 2 rings (SSSR count). The molecule has 2 aromatic rings. The molecule has 0 bridgehead atoms.